The minimum atomic E-state index is -0.313. The van der Waals surface area contributed by atoms with Crippen LogP contribution in [0.25, 0.3) is 0 Å². The van der Waals surface area contributed by atoms with E-state index in [1.165, 1.54) is 0 Å². The van der Waals surface area contributed by atoms with Crippen LogP contribution in [0.2, 0.25) is 0 Å². The lowest BCUT2D eigenvalue weighted by atomic mass is 9.70. The van der Waals surface area contributed by atoms with Gasteiger partial charge in [0.2, 0.25) is 12.1 Å². The Kier molecular flexibility index (Phi) is 4.23. The molecular weight excluding hydrogens is 342 g/mol. The summed E-state index contributed by atoms with van der Waals surface area (Å²) >= 11 is 0. The fourth-order valence-electron chi connectivity index (χ4n) is 4.09. The number of benzene rings is 1. The Hall–Kier alpha value is -2.73. The second kappa shape index (κ2) is 6.46. The average Bonchev–Trinajstić information content (AvgIpc) is 2.62. The number of nitrogen functional groups attached to an aromatic ring is 1. The summed E-state index contributed by atoms with van der Waals surface area (Å²) in [4.78, 5) is 17.6. The molecule has 2 heterocycles. The summed E-state index contributed by atoms with van der Waals surface area (Å²) in [5.74, 6) is 1.39. The maximum atomic E-state index is 13.1. The molecule has 0 amide bonds. The van der Waals surface area contributed by atoms with E-state index in [-0.39, 0.29) is 23.7 Å². The zero-order valence-corrected chi connectivity index (χ0v) is 15.6. The molecule has 27 heavy (non-hydrogen) atoms. The lowest BCUT2D eigenvalue weighted by molar-refractivity contribution is -0.687. The van der Waals surface area contributed by atoms with Gasteiger partial charge in [0.05, 0.1) is 19.1 Å². The first kappa shape index (κ1) is 17.7. The number of anilines is 1. The van der Waals surface area contributed by atoms with Crippen LogP contribution in [-0.4, -0.2) is 22.5 Å². The Morgan fingerprint density at radius 3 is 2.74 bits per heavy atom. The van der Waals surface area contributed by atoms with E-state index >= 15 is 0 Å². The predicted molar refractivity (Wildman–Crippen MR) is 99.9 cm³/mol. The molecule has 1 aliphatic carbocycles. The number of nitrogens with two attached hydrogens (primary N) is 1. The van der Waals surface area contributed by atoms with Crippen LogP contribution in [0.4, 0.5) is 5.82 Å². The lowest BCUT2D eigenvalue weighted by Gasteiger charge is -2.37. The number of aromatic nitrogens is 2. The van der Waals surface area contributed by atoms with Gasteiger partial charge in [0.1, 0.15) is 11.3 Å². The number of fused-ring (bicyclic) bond motifs is 1. The van der Waals surface area contributed by atoms with E-state index in [0.717, 1.165) is 5.56 Å². The molecule has 0 fully saturated rings. The summed E-state index contributed by atoms with van der Waals surface area (Å²) in [6.07, 6.45) is 2.74. The molecule has 1 aromatic heterocycles. The van der Waals surface area contributed by atoms with Crippen molar-refractivity contribution in [2.75, 3.05) is 12.3 Å². The predicted octanol–water partition coefficient (Wildman–Crippen LogP) is 2.11. The van der Waals surface area contributed by atoms with Gasteiger partial charge in [-0.2, -0.15) is 0 Å². The monoisotopic (exact) mass is 366 g/mol. The van der Waals surface area contributed by atoms with Crippen LogP contribution in [-0.2, 0) is 11.3 Å². The van der Waals surface area contributed by atoms with Crippen molar-refractivity contribution in [3.63, 3.8) is 0 Å². The largest absolute Gasteiger partial charge is 0.430 e. The van der Waals surface area contributed by atoms with Crippen molar-refractivity contribution in [2.24, 2.45) is 5.41 Å². The van der Waals surface area contributed by atoms with Crippen molar-refractivity contribution in [1.82, 2.24) is 4.98 Å². The van der Waals surface area contributed by atoms with Crippen molar-refractivity contribution in [1.29, 1.82) is 0 Å². The van der Waals surface area contributed by atoms with E-state index in [4.69, 9.17) is 10.5 Å². The molecule has 0 bridgehead atoms. The molecule has 1 aromatic carbocycles. The molecule has 0 saturated carbocycles. The maximum absolute atomic E-state index is 13.1. The number of aliphatic hydroxyl groups excluding tert-OH is 1. The molecule has 4 rings (SSSR count). The Balaban J connectivity index is 1.95. The molecule has 6 nitrogen and oxygen atoms in total. The van der Waals surface area contributed by atoms with Gasteiger partial charge in [-0.1, -0.05) is 49.2 Å². The number of rotatable bonds is 3. The van der Waals surface area contributed by atoms with Gasteiger partial charge in [0.15, 0.2) is 5.78 Å². The first-order valence-corrected chi connectivity index (χ1v) is 9.19. The standard InChI is InChI=1S/C21H23N3O3/c1-21(2)10-14(26)17-15(11-21)27-20-18(16(17)13-6-4-3-5-7-13)19(22)24(8-9-25)12-23-20/h3-7,12,16,22,25H,8-11H2,1-2H3/p+1/t16-/m0/s1. The van der Waals surface area contributed by atoms with E-state index in [9.17, 15) is 9.90 Å². The second-order valence-corrected chi connectivity index (χ2v) is 7.99. The van der Waals surface area contributed by atoms with Gasteiger partial charge in [0, 0.05) is 18.4 Å². The Morgan fingerprint density at radius 2 is 2.04 bits per heavy atom. The molecule has 0 spiro atoms. The number of aliphatic hydroxyl groups is 1. The number of nitrogens with zero attached hydrogens (tertiary/aromatic N) is 2. The molecule has 1 atom stereocenters. The summed E-state index contributed by atoms with van der Waals surface area (Å²) < 4.78 is 7.79. The van der Waals surface area contributed by atoms with Crippen molar-refractivity contribution >= 4 is 11.6 Å². The SMILES string of the molecule is CC1(C)CC(=O)C2=C(C1)Oc1nc[n+](CCO)c(N)c1[C@H]2c1ccccc1. The third-order valence-electron chi connectivity index (χ3n) is 5.28. The molecule has 140 valence electrons. The van der Waals surface area contributed by atoms with Gasteiger partial charge in [-0.3, -0.25) is 4.79 Å². The smallest absolute Gasteiger partial charge is 0.305 e. The van der Waals surface area contributed by atoms with Crippen LogP contribution in [0, 0.1) is 5.41 Å². The summed E-state index contributed by atoms with van der Waals surface area (Å²) in [6.45, 7) is 4.44. The average molecular weight is 366 g/mol. The number of ether oxygens (including phenoxy) is 1. The highest BCUT2D eigenvalue weighted by Crippen LogP contribution is 2.50. The quantitative estimate of drug-likeness (QED) is 0.812. The summed E-state index contributed by atoms with van der Waals surface area (Å²) in [7, 11) is 0. The van der Waals surface area contributed by atoms with Crippen molar-refractivity contribution in [3.8, 4) is 5.88 Å². The number of allylic oxidation sites excluding steroid dienone is 2. The van der Waals surface area contributed by atoms with Gasteiger partial charge in [-0.15, -0.1) is 0 Å². The lowest BCUT2D eigenvalue weighted by Crippen LogP contribution is -2.42. The molecule has 0 saturated heterocycles. The topological polar surface area (TPSA) is 89.3 Å². The van der Waals surface area contributed by atoms with Crippen LogP contribution < -0.4 is 15.0 Å². The molecule has 1 aliphatic heterocycles. The van der Waals surface area contributed by atoms with Gasteiger partial charge in [0.25, 0.3) is 0 Å². The van der Waals surface area contributed by atoms with Crippen LogP contribution in [0.3, 0.4) is 0 Å². The molecule has 2 aromatic rings. The number of hydrogen-bond donors (Lipinski definition) is 2. The number of Topliss-reactive ketones (excluding diaryl/α,β-unsaturated/α-hetero) is 1. The Morgan fingerprint density at radius 1 is 1.30 bits per heavy atom. The Bertz CT molecular complexity index is 935. The van der Waals surface area contributed by atoms with Crippen molar-refractivity contribution < 1.29 is 19.2 Å². The molecule has 2 aliphatic rings. The number of carbonyl (C=O) groups excluding carboxylic acids is 1. The summed E-state index contributed by atoms with van der Waals surface area (Å²) in [5, 5.41) is 9.32. The van der Waals surface area contributed by atoms with Gasteiger partial charge in [-0.25, -0.2) is 4.57 Å². The van der Waals surface area contributed by atoms with E-state index < -0.39 is 0 Å². The molecule has 6 heteroatoms. The van der Waals surface area contributed by atoms with E-state index in [1.807, 2.05) is 30.3 Å². The summed E-state index contributed by atoms with van der Waals surface area (Å²) in [6, 6.07) is 9.86. The zero-order chi connectivity index (χ0) is 19.2. The normalized spacial score (nSPS) is 20.7. The third kappa shape index (κ3) is 3.00. The van der Waals surface area contributed by atoms with Crippen molar-refractivity contribution in [2.45, 2.75) is 39.2 Å². The first-order valence-electron chi connectivity index (χ1n) is 9.19. The highest BCUT2D eigenvalue weighted by Gasteiger charge is 2.45. The Labute approximate surface area is 158 Å². The van der Waals surface area contributed by atoms with Crippen LogP contribution in [0.5, 0.6) is 5.88 Å². The molecule has 0 unspecified atom stereocenters. The van der Waals surface area contributed by atoms with Gasteiger partial charge >= 0.3 is 5.88 Å². The number of carbonyl (C=O) groups is 1. The fraction of sp³-hybridized carbons (Fsp3) is 0.381. The van der Waals surface area contributed by atoms with E-state index in [2.05, 4.69) is 18.8 Å². The molecular formula is C21H24N3O3+. The van der Waals surface area contributed by atoms with Crippen LogP contribution in [0.1, 0.15) is 43.7 Å². The second-order valence-electron chi connectivity index (χ2n) is 7.99. The highest BCUT2D eigenvalue weighted by molar-refractivity contribution is 6.00. The maximum Gasteiger partial charge on any atom is 0.305 e. The van der Waals surface area contributed by atoms with E-state index in [1.54, 1.807) is 10.9 Å². The molecule has 3 N–H and O–H groups in total. The minimum Gasteiger partial charge on any atom is -0.430 e. The van der Waals surface area contributed by atoms with Gasteiger partial charge in [-0.05, 0) is 11.0 Å². The molecule has 0 radical (unpaired) electrons. The van der Waals surface area contributed by atoms with Gasteiger partial charge < -0.3 is 15.6 Å². The van der Waals surface area contributed by atoms with Crippen LogP contribution >= 0.6 is 0 Å². The minimum absolute atomic E-state index is 0.0484. The van der Waals surface area contributed by atoms with Crippen molar-refractivity contribution in [3.05, 3.63) is 59.1 Å². The van der Waals surface area contributed by atoms with Crippen LogP contribution in [0.15, 0.2) is 48.0 Å². The third-order valence-corrected chi connectivity index (χ3v) is 5.28. The number of hydrogen-bond acceptors (Lipinski definition) is 5. The van der Waals surface area contributed by atoms with E-state index in [0.29, 0.717) is 48.0 Å². The zero-order valence-electron chi connectivity index (χ0n) is 15.6. The highest BCUT2D eigenvalue weighted by atomic mass is 16.5. The first-order chi connectivity index (χ1) is 12.9. The fourth-order valence-corrected chi connectivity index (χ4v) is 4.09. The number of ketones is 1. The summed E-state index contributed by atoms with van der Waals surface area (Å²) in [5.41, 5.74) is 8.66.